The minimum Gasteiger partial charge on any atom is -0.481 e. The quantitative estimate of drug-likeness (QED) is 0.476. The summed E-state index contributed by atoms with van der Waals surface area (Å²) in [5.74, 6) is -1.13. The van der Waals surface area contributed by atoms with Gasteiger partial charge in [-0.05, 0) is 44.9 Å². The van der Waals surface area contributed by atoms with E-state index in [1.165, 1.54) is 19.3 Å². The van der Waals surface area contributed by atoms with E-state index < -0.39 is 5.97 Å². The van der Waals surface area contributed by atoms with Crippen LogP contribution >= 0.6 is 0 Å². The molecule has 0 spiro atoms. The van der Waals surface area contributed by atoms with Crippen LogP contribution in [0.5, 0.6) is 0 Å². The maximum Gasteiger partial charge on any atom is 0.308 e. The molecule has 0 fully saturated rings. The van der Waals surface area contributed by atoms with Crippen molar-refractivity contribution in [1.29, 1.82) is 0 Å². The molecule has 4 nitrogen and oxygen atoms in total. The van der Waals surface area contributed by atoms with Gasteiger partial charge in [-0.1, -0.05) is 5.73 Å². The first-order valence-corrected chi connectivity index (χ1v) is 5.41. The van der Waals surface area contributed by atoms with E-state index in [4.69, 9.17) is 5.11 Å². The van der Waals surface area contributed by atoms with Gasteiger partial charge in [-0.15, -0.1) is 5.73 Å². The van der Waals surface area contributed by atoms with Gasteiger partial charge >= 0.3 is 11.9 Å². The minimum absolute atomic E-state index is 0.0607. The number of carbonyl (C=O) groups excluding carboxylic acids is 1. The Hall–Kier alpha value is -2.02. The molecule has 0 bridgehead atoms. The van der Waals surface area contributed by atoms with Crippen molar-refractivity contribution in [3.63, 3.8) is 0 Å². The highest BCUT2D eigenvalue weighted by atomic mass is 16.5. The normalized spacial score (nSPS) is 7.61. The highest BCUT2D eigenvalue weighted by Crippen LogP contribution is 1.86. The number of carbonyl (C=O) groups is 2. The predicted molar refractivity (Wildman–Crippen MR) is 69.9 cm³/mol. The van der Waals surface area contributed by atoms with E-state index in [2.05, 4.69) is 16.2 Å². The van der Waals surface area contributed by atoms with Crippen molar-refractivity contribution in [3.05, 3.63) is 34.9 Å². The monoisotopic (exact) mass is 252 g/mol. The van der Waals surface area contributed by atoms with Gasteiger partial charge in [0.05, 0.1) is 6.42 Å². The summed E-state index contributed by atoms with van der Waals surface area (Å²) in [6.45, 7) is 8.85. The molecule has 0 aromatic heterocycles. The van der Waals surface area contributed by atoms with Crippen LogP contribution in [0.1, 0.15) is 41.0 Å². The van der Waals surface area contributed by atoms with E-state index in [1.807, 2.05) is 27.7 Å². The van der Waals surface area contributed by atoms with Gasteiger partial charge in [-0.2, -0.15) is 0 Å². The Morgan fingerprint density at radius 3 is 1.89 bits per heavy atom. The van der Waals surface area contributed by atoms with Crippen LogP contribution in [-0.4, -0.2) is 17.0 Å². The molecular weight excluding hydrogens is 232 g/mol. The molecule has 18 heavy (non-hydrogen) atoms. The third kappa shape index (κ3) is 23.6. The van der Waals surface area contributed by atoms with Crippen LogP contribution in [0.4, 0.5) is 0 Å². The van der Waals surface area contributed by atoms with Gasteiger partial charge in [0.15, 0.2) is 0 Å². The lowest BCUT2D eigenvalue weighted by Crippen LogP contribution is -1.88. The summed E-state index contributed by atoms with van der Waals surface area (Å²) in [5.41, 5.74) is 7.49. The first kappa shape index (κ1) is 18.3. The van der Waals surface area contributed by atoms with Crippen molar-refractivity contribution in [2.75, 3.05) is 0 Å². The topological polar surface area (TPSA) is 63.6 Å². The lowest BCUT2D eigenvalue weighted by molar-refractivity contribution is -0.136. The second-order valence-electron chi connectivity index (χ2n) is 3.82. The zero-order valence-corrected chi connectivity index (χ0v) is 11.5. The van der Waals surface area contributed by atoms with Crippen molar-refractivity contribution in [2.45, 2.75) is 41.0 Å². The third-order valence-corrected chi connectivity index (χ3v) is 1.24. The van der Waals surface area contributed by atoms with Crippen LogP contribution in [0.2, 0.25) is 0 Å². The average molecular weight is 252 g/mol. The molecule has 0 aromatic rings. The molecular formula is C14H20O4. The minimum atomic E-state index is -0.816. The maximum atomic E-state index is 10.1. The summed E-state index contributed by atoms with van der Waals surface area (Å²) in [6, 6.07) is 0. The number of hydrogen-bond donors (Lipinski definition) is 1. The molecule has 4 heteroatoms. The smallest absolute Gasteiger partial charge is 0.308 e. The number of rotatable bonds is 3. The second kappa shape index (κ2) is 11.5. The van der Waals surface area contributed by atoms with E-state index in [0.29, 0.717) is 0 Å². The van der Waals surface area contributed by atoms with E-state index in [0.717, 1.165) is 11.1 Å². The lowest BCUT2D eigenvalue weighted by atomic mass is 10.3. The molecule has 0 atom stereocenters. The molecule has 0 rings (SSSR count). The number of ether oxygens (including phenoxy) is 1. The number of esters is 1. The average Bonchev–Trinajstić information content (AvgIpc) is 2.15. The van der Waals surface area contributed by atoms with E-state index in [-0.39, 0.29) is 12.4 Å². The van der Waals surface area contributed by atoms with Crippen molar-refractivity contribution >= 4 is 11.9 Å². The SMILES string of the molecule is CC(=O)OC=C=C(C)C.CC(C)=C=CCC(=O)O. The van der Waals surface area contributed by atoms with Crippen LogP contribution in [0.15, 0.2) is 34.9 Å². The molecule has 100 valence electrons. The van der Waals surface area contributed by atoms with Crippen LogP contribution in [-0.2, 0) is 14.3 Å². The molecule has 0 radical (unpaired) electrons. The summed E-state index contributed by atoms with van der Waals surface area (Å²) in [4.78, 5) is 20.0. The molecule has 0 amide bonds. The Kier molecular flexibility index (Phi) is 11.7. The number of allylic oxidation sites excluding steroid dienone is 1. The van der Waals surface area contributed by atoms with Crippen molar-refractivity contribution < 1.29 is 19.4 Å². The molecule has 0 aromatic carbocycles. The molecule has 0 saturated heterocycles. The van der Waals surface area contributed by atoms with Gasteiger partial charge in [-0.3, -0.25) is 9.59 Å². The van der Waals surface area contributed by atoms with E-state index in [1.54, 1.807) is 0 Å². The lowest BCUT2D eigenvalue weighted by Gasteiger charge is -1.85. The number of carboxylic acid groups (broad SMARTS) is 1. The summed E-state index contributed by atoms with van der Waals surface area (Å²) >= 11 is 0. The van der Waals surface area contributed by atoms with Crippen LogP contribution < -0.4 is 0 Å². The molecule has 0 aliphatic carbocycles. The highest BCUT2D eigenvalue weighted by Gasteiger charge is 1.86. The Bertz CT molecular complexity index is 356. The van der Waals surface area contributed by atoms with Crippen molar-refractivity contribution in [2.24, 2.45) is 0 Å². The Labute approximate surface area is 108 Å². The summed E-state index contributed by atoms with van der Waals surface area (Å²) in [7, 11) is 0. The summed E-state index contributed by atoms with van der Waals surface area (Å²) < 4.78 is 4.46. The van der Waals surface area contributed by atoms with Crippen LogP contribution in [0, 0.1) is 0 Å². The number of hydrogen-bond acceptors (Lipinski definition) is 3. The zero-order chi connectivity index (χ0) is 14.6. The zero-order valence-electron chi connectivity index (χ0n) is 11.5. The molecule has 0 unspecified atom stereocenters. The largest absolute Gasteiger partial charge is 0.481 e. The maximum absolute atomic E-state index is 10.1. The van der Waals surface area contributed by atoms with Gasteiger partial charge in [0.1, 0.15) is 6.26 Å². The highest BCUT2D eigenvalue weighted by molar-refractivity contribution is 5.68. The van der Waals surface area contributed by atoms with E-state index in [9.17, 15) is 9.59 Å². The standard InChI is InChI=1S/2C7H10O2/c1-6(2)4-5-9-7(3)8;1-6(2)4-3-5-7(8)9/h5H,1-3H3;3H,5H2,1-2H3,(H,8,9). The number of carboxylic acids is 1. The molecule has 0 aliphatic rings. The van der Waals surface area contributed by atoms with Gasteiger partial charge in [0, 0.05) is 6.92 Å². The second-order valence-corrected chi connectivity index (χ2v) is 3.82. The summed E-state index contributed by atoms with van der Waals surface area (Å²) in [6.07, 6.45) is 2.83. The van der Waals surface area contributed by atoms with Gasteiger partial charge in [0.25, 0.3) is 0 Å². The fourth-order valence-corrected chi connectivity index (χ4v) is 0.573. The van der Waals surface area contributed by atoms with Crippen LogP contribution in [0.25, 0.3) is 0 Å². The molecule has 0 saturated carbocycles. The first-order chi connectivity index (χ1) is 8.25. The molecule has 0 heterocycles. The Morgan fingerprint density at radius 1 is 1.06 bits per heavy atom. The van der Waals surface area contributed by atoms with Crippen molar-refractivity contribution in [1.82, 2.24) is 0 Å². The first-order valence-electron chi connectivity index (χ1n) is 5.41. The van der Waals surface area contributed by atoms with Crippen LogP contribution in [0.3, 0.4) is 0 Å². The van der Waals surface area contributed by atoms with Crippen molar-refractivity contribution in [3.8, 4) is 0 Å². The fraction of sp³-hybridized carbons (Fsp3) is 0.429. The van der Waals surface area contributed by atoms with Gasteiger partial charge in [0.2, 0.25) is 0 Å². The van der Waals surface area contributed by atoms with E-state index >= 15 is 0 Å². The van der Waals surface area contributed by atoms with Gasteiger partial charge in [-0.25, -0.2) is 0 Å². The molecule has 1 N–H and O–H groups in total. The van der Waals surface area contributed by atoms with Gasteiger partial charge < -0.3 is 9.84 Å². The third-order valence-electron chi connectivity index (χ3n) is 1.24. The Balaban J connectivity index is 0. The number of aliphatic carboxylic acids is 1. The molecule has 0 aliphatic heterocycles. The fourth-order valence-electron chi connectivity index (χ4n) is 0.573. The Morgan fingerprint density at radius 2 is 1.56 bits per heavy atom. The summed E-state index contributed by atoms with van der Waals surface area (Å²) in [5, 5.41) is 8.15. The predicted octanol–water partition coefficient (Wildman–Crippen LogP) is 3.21.